The van der Waals surface area contributed by atoms with Crippen molar-refractivity contribution in [2.45, 2.75) is 13.8 Å². The zero-order valence-corrected chi connectivity index (χ0v) is 7.37. The Labute approximate surface area is 74.7 Å². The minimum Gasteiger partial charge on any atom is -0.204 e. The second-order valence-corrected chi connectivity index (χ2v) is 2.73. The van der Waals surface area contributed by atoms with Gasteiger partial charge in [-0.2, -0.15) is 0 Å². The van der Waals surface area contributed by atoms with Crippen molar-refractivity contribution in [2.75, 3.05) is 0 Å². The molecule has 0 N–H and O–H groups in total. The van der Waals surface area contributed by atoms with Crippen LogP contribution in [0, 0.1) is 17.5 Å². The van der Waals surface area contributed by atoms with Crippen LogP contribution in [0.15, 0.2) is 18.2 Å². The number of halogens is 3. The molecule has 0 heterocycles. The molecule has 0 aliphatic carbocycles. The summed E-state index contributed by atoms with van der Waals surface area (Å²) in [6, 6.07) is 1.96. The average Bonchev–Trinajstić information content (AvgIpc) is 2.12. The van der Waals surface area contributed by atoms with Crippen LogP contribution in [0.2, 0.25) is 0 Å². The van der Waals surface area contributed by atoms with E-state index in [1.165, 1.54) is 0 Å². The maximum atomic E-state index is 12.7. The first-order valence-corrected chi connectivity index (χ1v) is 3.84. The minimum atomic E-state index is -1.42. The third kappa shape index (κ3) is 1.91. The summed E-state index contributed by atoms with van der Waals surface area (Å²) in [5, 5.41) is 0. The van der Waals surface area contributed by atoms with E-state index in [9.17, 15) is 13.2 Å². The van der Waals surface area contributed by atoms with Crippen LogP contribution < -0.4 is 0 Å². The van der Waals surface area contributed by atoms with E-state index in [2.05, 4.69) is 0 Å². The second kappa shape index (κ2) is 3.64. The Hall–Kier alpha value is -1.25. The van der Waals surface area contributed by atoms with Crippen LogP contribution in [-0.4, -0.2) is 0 Å². The standard InChI is InChI=1S/C10H9F3/c1-3-6(2)7-4-8(11)10(13)9(12)5-7/h3-5H,1-2H3/b6-3-. The second-order valence-electron chi connectivity index (χ2n) is 2.73. The van der Waals surface area contributed by atoms with Gasteiger partial charge in [0.25, 0.3) is 0 Å². The third-order valence-electron chi connectivity index (χ3n) is 1.87. The molecule has 0 aliphatic rings. The molecule has 1 aromatic carbocycles. The van der Waals surface area contributed by atoms with Gasteiger partial charge in [-0.05, 0) is 37.1 Å². The molecule has 0 unspecified atom stereocenters. The van der Waals surface area contributed by atoms with E-state index in [0.29, 0.717) is 11.1 Å². The summed E-state index contributed by atoms with van der Waals surface area (Å²) in [7, 11) is 0. The van der Waals surface area contributed by atoms with Gasteiger partial charge in [0.05, 0.1) is 0 Å². The predicted molar refractivity (Wildman–Crippen MR) is 45.6 cm³/mol. The smallest absolute Gasteiger partial charge is 0.194 e. The molecule has 3 heteroatoms. The number of allylic oxidation sites excluding steroid dienone is 2. The number of rotatable bonds is 1. The van der Waals surface area contributed by atoms with Crippen LogP contribution in [0.1, 0.15) is 19.4 Å². The first-order valence-electron chi connectivity index (χ1n) is 3.84. The molecule has 0 bridgehead atoms. The highest BCUT2D eigenvalue weighted by atomic mass is 19.2. The van der Waals surface area contributed by atoms with E-state index < -0.39 is 17.5 Å². The van der Waals surface area contributed by atoms with Crippen LogP contribution in [-0.2, 0) is 0 Å². The molecule has 0 fully saturated rings. The lowest BCUT2D eigenvalue weighted by Gasteiger charge is -2.02. The molecule has 0 spiro atoms. The largest absolute Gasteiger partial charge is 0.204 e. The highest BCUT2D eigenvalue weighted by Gasteiger charge is 2.10. The minimum absolute atomic E-state index is 0.360. The third-order valence-corrected chi connectivity index (χ3v) is 1.87. The van der Waals surface area contributed by atoms with Gasteiger partial charge in [0.2, 0.25) is 0 Å². The van der Waals surface area contributed by atoms with Crippen molar-refractivity contribution < 1.29 is 13.2 Å². The highest BCUT2D eigenvalue weighted by molar-refractivity contribution is 5.63. The van der Waals surface area contributed by atoms with Crippen LogP contribution >= 0.6 is 0 Å². The van der Waals surface area contributed by atoms with Crippen molar-refractivity contribution in [1.29, 1.82) is 0 Å². The Morgan fingerprint density at radius 2 is 1.62 bits per heavy atom. The van der Waals surface area contributed by atoms with Crippen molar-refractivity contribution in [1.82, 2.24) is 0 Å². The maximum Gasteiger partial charge on any atom is 0.194 e. The van der Waals surface area contributed by atoms with Gasteiger partial charge < -0.3 is 0 Å². The molecule has 0 radical (unpaired) electrons. The lowest BCUT2D eigenvalue weighted by atomic mass is 10.1. The summed E-state index contributed by atoms with van der Waals surface area (Å²) < 4.78 is 37.9. The number of hydrogen-bond donors (Lipinski definition) is 0. The molecule has 0 saturated carbocycles. The van der Waals surface area contributed by atoms with Crippen LogP contribution in [0.25, 0.3) is 5.57 Å². The fraction of sp³-hybridized carbons (Fsp3) is 0.200. The fourth-order valence-corrected chi connectivity index (χ4v) is 0.950. The zero-order valence-electron chi connectivity index (χ0n) is 7.37. The Morgan fingerprint density at radius 1 is 1.15 bits per heavy atom. The zero-order chi connectivity index (χ0) is 10.0. The fourth-order valence-electron chi connectivity index (χ4n) is 0.950. The summed E-state index contributed by atoms with van der Waals surface area (Å²) in [5.74, 6) is -3.74. The summed E-state index contributed by atoms with van der Waals surface area (Å²) >= 11 is 0. The van der Waals surface area contributed by atoms with Crippen molar-refractivity contribution in [3.05, 3.63) is 41.2 Å². The van der Waals surface area contributed by atoms with E-state index in [4.69, 9.17) is 0 Å². The van der Waals surface area contributed by atoms with Gasteiger partial charge in [0.1, 0.15) is 0 Å². The molecule has 0 saturated heterocycles. The summed E-state index contributed by atoms with van der Waals surface area (Å²) in [6.45, 7) is 3.45. The van der Waals surface area contributed by atoms with Gasteiger partial charge in [-0.1, -0.05) is 6.08 Å². The maximum absolute atomic E-state index is 12.7. The Kier molecular flexibility index (Phi) is 2.76. The quantitative estimate of drug-likeness (QED) is 0.588. The van der Waals surface area contributed by atoms with Crippen LogP contribution in [0.5, 0.6) is 0 Å². The molecule has 0 atom stereocenters. The Balaban J connectivity index is 3.29. The van der Waals surface area contributed by atoms with Gasteiger partial charge >= 0.3 is 0 Å². The molecule has 0 nitrogen and oxygen atoms in total. The normalized spacial score (nSPS) is 11.9. The highest BCUT2D eigenvalue weighted by Crippen LogP contribution is 2.19. The topological polar surface area (TPSA) is 0 Å². The molecule has 13 heavy (non-hydrogen) atoms. The monoisotopic (exact) mass is 186 g/mol. The SMILES string of the molecule is C/C=C(/C)c1cc(F)c(F)c(F)c1. The van der Waals surface area contributed by atoms with E-state index in [-0.39, 0.29) is 0 Å². The van der Waals surface area contributed by atoms with Crippen LogP contribution in [0.4, 0.5) is 13.2 Å². The number of hydrogen-bond acceptors (Lipinski definition) is 0. The summed E-state index contributed by atoms with van der Waals surface area (Å²) in [4.78, 5) is 0. The van der Waals surface area contributed by atoms with Gasteiger partial charge in [0.15, 0.2) is 17.5 Å². The van der Waals surface area contributed by atoms with E-state index in [0.717, 1.165) is 12.1 Å². The first kappa shape index (κ1) is 9.84. The number of benzene rings is 1. The molecule has 70 valence electrons. The van der Waals surface area contributed by atoms with Crippen molar-refractivity contribution >= 4 is 5.57 Å². The van der Waals surface area contributed by atoms with Gasteiger partial charge in [-0.25, -0.2) is 13.2 Å². The van der Waals surface area contributed by atoms with E-state index in [1.54, 1.807) is 19.9 Å². The summed E-state index contributed by atoms with van der Waals surface area (Å²) in [5.41, 5.74) is 1.07. The molecule has 0 aromatic heterocycles. The summed E-state index contributed by atoms with van der Waals surface area (Å²) in [6.07, 6.45) is 1.70. The first-order chi connectivity index (χ1) is 6.06. The van der Waals surface area contributed by atoms with Crippen LogP contribution in [0.3, 0.4) is 0 Å². The Morgan fingerprint density at radius 3 is 2.00 bits per heavy atom. The van der Waals surface area contributed by atoms with E-state index >= 15 is 0 Å². The lowest BCUT2D eigenvalue weighted by Crippen LogP contribution is -1.92. The van der Waals surface area contributed by atoms with Gasteiger partial charge in [-0.15, -0.1) is 0 Å². The molecular weight excluding hydrogens is 177 g/mol. The molecule has 0 aliphatic heterocycles. The average molecular weight is 186 g/mol. The lowest BCUT2D eigenvalue weighted by molar-refractivity contribution is 0.446. The van der Waals surface area contributed by atoms with E-state index in [1.807, 2.05) is 0 Å². The van der Waals surface area contributed by atoms with Gasteiger partial charge in [0, 0.05) is 0 Å². The van der Waals surface area contributed by atoms with Crippen molar-refractivity contribution in [2.24, 2.45) is 0 Å². The Bertz CT molecular complexity index is 330. The molecule has 0 amide bonds. The molecule has 1 rings (SSSR count). The molecular formula is C10H9F3. The molecule has 1 aromatic rings. The van der Waals surface area contributed by atoms with Gasteiger partial charge in [-0.3, -0.25) is 0 Å². The van der Waals surface area contributed by atoms with Crippen molar-refractivity contribution in [3.63, 3.8) is 0 Å². The predicted octanol–water partition coefficient (Wildman–Crippen LogP) is 3.53. The van der Waals surface area contributed by atoms with Crippen molar-refractivity contribution in [3.8, 4) is 0 Å².